The fraction of sp³-hybridized carbons (Fsp3) is 0.400. The number of carbonyl (C=O) groups excluding carboxylic acids is 3. The summed E-state index contributed by atoms with van der Waals surface area (Å²) in [5.41, 5.74) is 9.11. The lowest BCUT2D eigenvalue weighted by atomic mass is 10.0. The highest BCUT2D eigenvalue weighted by atomic mass is 19.4. The second-order valence-electron chi connectivity index (χ2n) is 12.3. The quantitative estimate of drug-likeness (QED) is 0.209. The number of alkyl halides is 3. The minimum atomic E-state index is -4.45. The van der Waals surface area contributed by atoms with E-state index >= 15 is 0 Å². The van der Waals surface area contributed by atoms with Gasteiger partial charge in [-0.3, -0.25) is 19.3 Å². The van der Waals surface area contributed by atoms with E-state index in [2.05, 4.69) is 15.5 Å². The Morgan fingerprint density at radius 2 is 1.81 bits per heavy atom. The number of hydrogen-bond acceptors (Lipinski definition) is 7. The summed E-state index contributed by atoms with van der Waals surface area (Å²) in [5.74, 6) is -1.05. The van der Waals surface area contributed by atoms with E-state index in [1.807, 2.05) is 26.1 Å². The van der Waals surface area contributed by atoms with Crippen molar-refractivity contribution in [1.82, 2.24) is 9.80 Å². The lowest BCUT2D eigenvalue weighted by Crippen LogP contribution is -2.47. The summed E-state index contributed by atoms with van der Waals surface area (Å²) in [6, 6.07) is 18.5. The van der Waals surface area contributed by atoms with Crippen LogP contribution in [0.25, 0.3) is 0 Å². The molecule has 3 aromatic carbocycles. The Bertz CT molecular complexity index is 1580. The predicted molar refractivity (Wildman–Crippen MR) is 177 cm³/mol. The van der Waals surface area contributed by atoms with Crippen molar-refractivity contribution >= 4 is 34.8 Å². The molecule has 3 amide bonds. The Hall–Kier alpha value is -4.62. The van der Waals surface area contributed by atoms with Gasteiger partial charge in [-0.2, -0.15) is 13.2 Å². The number of aliphatic hydroxyl groups is 1. The molecule has 0 bridgehead atoms. The highest BCUT2D eigenvalue weighted by molar-refractivity contribution is 6.05. The van der Waals surface area contributed by atoms with Crippen molar-refractivity contribution in [3.63, 3.8) is 0 Å². The van der Waals surface area contributed by atoms with Gasteiger partial charge >= 0.3 is 6.18 Å². The van der Waals surface area contributed by atoms with E-state index in [0.29, 0.717) is 47.9 Å². The summed E-state index contributed by atoms with van der Waals surface area (Å²) in [7, 11) is 1.93. The SMILES string of the molecule is C[C@@H]1CN([C@H](C)CO)C(=O)Cc2cc(NC(=O)CCC(F)(F)F)ccc2O[C@H]1CN(C)Cc1ccc(C(=O)Nc2ccccc2N)cc1. The van der Waals surface area contributed by atoms with Crippen molar-refractivity contribution in [3.05, 3.63) is 83.4 Å². The van der Waals surface area contributed by atoms with Gasteiger partial charge in [0.15, 0.2) is 0 Å². The van der Waals surface area contributed by atoms with E-state index in [-0.39, 0.29) is 36.4 Å². The van der Waals surface area contributed by atoms with E-state index < -0.39 is 37.1 Å². The van der Waals surface area contributed by atoms with E-state index in [1.54, 1.807) is 60.4 Å². The Morgan fingerprint density at radius 1 is 1.10 bits per heavy atom. The fourth-order valence-electron chi connectivity index (χ4n) is 5.45. The van der Waals surface area contributed by atoms with E-state index in [1.165, 1.54) is 6.07 Å². The molecular weight excluding hydrogens is 627 g/mol. The van der Waals surface area contributed by atoms with Gasteiger partial charge in [0.05, 0.1) is 36.9 Å². The number of para-hydroxylation sites is 2. The van der Waals surface area contributed by atoms with Crippen molar-refractivity contribution in [2.45, 2.75) is 58.0 Å². The number of halogens is 3. The molecule has 10 nitrogen and oxygen atoms in total. The first-order chi connectivity index (χ1) is 22.7. The van der Waals surface area contributed by atoms with Crippen LogP contribution in [0.5, 0.6) is 5.75 Å². The standard InChI is InChI=1S/C35H42F3N5O5/c1-22-18-43(23(2)21-44)33(46)17-26-16-27(40-32(45)14-15-35(36,37)38)12-13-30(26)48-31(22)20-42(3)19-24-8-10-25(11-9-24)34(47)41-29-7-5-4-6-28(29)39/h4-13,16,22-23,31,44H,14-15,17-21,39H2,1-3H3,(H,40,45)(H,41,47)/t22-,23-,31+/m1/s1. The number of rotatable bonds is 11. The minimum Gasteiger partial charge on any atom is -0.488 e. The van der Waals surface area contributed by atoms with Crippen molar-refractivity contribution < 1.29 is 37.4 Å². The van der Waals surface area contributed by atoms with Gasteiger partial charge in [0.1, 0.15) is 11.9 Å². The smallest absolute Gasteiger partial charge is 0.389 e. The number of nitrogens with one attached hydrogen (secondary N) is 2. The first kappa shape index (κ1) is 36.2. The van der Waals surface area contributed by atoms with Crippen LogP contribution < -0.4 is 21.1 Å². The Kier molecular flexibility index (Phi) is 12.1. The van der Waals surface area contributed by atoms with Gasteiger partial charge in [0.2, 0.25) is 11.8 Å². The van der Waals surface area contributed by atoms with Crippen LogP contribution in [0.4, 0.5) is 30.2 Å². The van der Waals surface area contributed by atoms with Crippen LogP contribution in [-0.2, 0) is 22.6 Å². The van der Waals surface area contributed by atoms with Crippen LogP contribution in [-0.4, -0.2) is 77.7 Å². The Balaban J connectivity index is 1.48. The molecule has 48 heavy (non-hydrogen) atoms. The van der Waals surface area contributed by atoms with Crippen molar-refractivity contribution in [2.24, 2.45) is 5.92 Å². The maximum atomic E-state index is 13.4. The summed E-state index contributed by atoms with van der Waals surface area (Å²) in [4.78, 5) is 42.0. The molecule has 1 heterocycles. The van der Waals surface area contributed by atoms with Crippen LogP contribution in [0.2, 0.25) is 0 Å². The molecule has 0 saturated heterocycles. The Morgan fingerprint density at radius 3 is 2.48 bits per heavy atom. The average Bonchev–Trinajstić information content (AvgIpc) is 3.08. The number of aliphatic hydroxyl groups excluding tert-OH is 1. The number of anilines is 3. The summed E-state index contributed by atoms with van der Waals surface area (Å²) in [5, 5.41) is 15.2. The van der Waals surface area contributed by atoms with Crippen molar-refractivity contribution in [2.75, 3.05) is 43.1 Å². The highest BCUT2D eigenvalue weighted by Gasteiger charge is 2.32. The number of benzene rings is 3. The molecule has 0 unspecified atom stereocenters. The van der Waals surface area contributed by atoms with E-state index in [0.717, 1.165) is 5.56 Å². The van der Waals surface area contributed by atoms with Crippen molar-refractivity contribution in [1.29, 1.82) is 0 Å². The van der Waals surface area contributed by atoms with Gasteiger partial charge in [-0.15, -0.1) is 0 Å². The summed E-state index contributed by atoms with van der Waals surface area (Å²) in [6.45, 7) is 4.80. The molecule has 0 radical (unpaired) electrons. The molecule has 0 spiro atoms. The number of likely N-dealkylation sites (N-methyl/N-ethyl adjacent to an activating group) is 1. The molecule has 0 saturated carbocycles. The first-order valence-corrected chi connectivity index (χ1v) is 15.7. The Labute approximate surface area is 278 Å². The normalized spacial score (nSPS) is 17.4. The molecule has 0 aliphatic carbocycles. The third-order valence-electron chi connectivity index (χ3n) is 8.21. The summed E-state index contributed by atoms with van der Waals surface area (Å²) >= 11 is 0. The second-order valence-corrected chi connectivity index (χ2v) is 12.3. The number of nitrogen functional groups attached to an aromatic ring is 1. The number of nitrogens with zero attached hydrogens (tertiary/aromatic N) is 2. The maximum Gasteiger partial charge on any atom is 0.389 e. The molecule has 5 N–H and O–H groups in total. The zero-order chi connectivity index (χ0) is 35.0. The number of carbonyl (C=O) groups is 3. The highest BCUT2D eigenvalue weighted by Crippen LogP contribution is 2.30. The zero-order valence-corrected chi connectivity index (χ0v) is 27.2. The maximum absolute atomic E-state index is 13.4. The average molecular weight is 670 g/mol. The van der Waals surface area contributed by atoms with Gasteiger partial charge in [0, 0.05) is 48.8 Å². The monoisotopic (exact) mass is 669 g/mol. The third-order valence-corrected chi connectivity index (χ3v) is 8.21. The van der Waals surface area contributed by atoms with Crippen LogP contribution in [0.15, 0.2) is 66.7 Å². The molecule has 0 fully saturated rings. The largest absolute Gasteiger partial charge is 0.488 e. The minimum absolute atomic E-state index is 0.0853. The second kappa shape index (κ2) is 16.0. The van der Waals surface area contributed by atoms with Crippen LogP contribution in [0, 0.1) is 5.92 Å². The van der Waals surface area contributed by atoms with Gasteiger partial charge in [-0.1, -0.05) is 31.2 Å². The van der Waals surface area contributed by atoms with Crippen LogP contribution in [0.1, 0.15) is 48.2 Å². The van der Waals surface area contributed by atoms with Crippen LogP contribution >= 0.6 is 0 Å². The summed E-state index contributed by atoms with van der Waals surface area (Å²) in [6.07, 6.45) is -6.90. The van der Waals surface area contributed by atoms with Gasteiger partial charge < -0.3 is 31.1 Å². The molecular formula is C35H42F3N5O5. The molecule has 3 atom stereocenters. The fourth-order valence-corrected chi connectivity index (χ4v) is 5.45. The first-order valence-electron chi connectivity index (χ1n) is 15.7. The van der Waals surface area contributed by atoms with Gasteiger partial charge in [-0.25, -0.2) is 0 Å². The van der Waals surface area contributed by atoms with Gasteiger partial charge in [0.25, 0.3) is 5.91 Å². The molecule has 3 aromatic rings. The van der Waals surface area contributed by atoms with Crippen LogP contribution in [0.3, 0.4) is 0 Å². The zero-order valence-electron chi connectivity index (χ0n) is 27.2. The number of amides is 3. The molecule has 258 valence electrons. The molecule has 4 rings (SSSR count). The molecule has 13 heteroatoms. The predicted octanol–water partition coefficient (Wildman–Crippen LogP) is 5.08. The lowest BCUT2D eigenvalue weighted by Gasteiger charge is -2.34. The third kappa shape index (κ3) is 10.2. The number of nitrogens with two attached hydrogens (primary N) is 1. The molecule has 1 aliphatic heterocycles. The lowest BCUT2D eigenvalue weighted by molar-refractivity contribution is -0.142. The van der Waals surface area contributed by atoms with Crippen molar-refractivity contribution in [3.8, 4) is 5.75 Å². The van der Waals surface area contributed by atoms with Gasteiger partial charge in [-0.05, 0) is 62.0 Å². The van der Waals surface area contributed by atoms with E-state index in [9.17, 15) is 32.7 Å². The number of ether oxygens (including phenoxy) is 1. The van der Waals surface area contributed by atoms with E-state index in [4.69, 9.17) is 10.5 Å². The number of hydrogen-bond donors (Lipinski definition) is 4. The topological polar surface area (TPSA) is 137 Å². The molecule has 1 aliphatic rings. The summed E-state index contributed by atoms with van der Waals surface area (Å²) < 4.78 is 44.3. The number of fused-ring (bicyclic) bond motifs is 1. The molecule has 0 aromatic heterocycles.